The summed E-state index contributed by atoms with van der Waals surface area (Å²) in [4.78, 5) is 30.4. The van der Waals surface area contributed by atoms with Crippen molar-refractivity contribution in [3.8, 4) is 5.69 Å². The molecule has 0 saturated heterocycles. The lowest BCUT2D eigenvalue weighted by Gasteiger charge is -2.45. The van der Waals surface area contributed by atoms with Gasteiger partial charge in [-0.1, -0.05) is 49.1 Å². The van der Waals surface area contributed by atoms with Crippen LogP contribution in [0.1, 0.15) is 81.6 Å². The molecule has 0 spiro atoms. The Morgan fingerprint density at radius 1 is 1.03 bits per heavy atom. The Morgan fingerprint density at radius 2 is 1.81 bits per heavy atom. The van der Waals surface area contributed by atoms with E-state index < -0.39 is 5.54 Å². The Morgan fingerprint density at radius 3 is 2.57 bits per heavy atom. The van der Waals surface area contributed by atoms with Crippen molar-refractivity contribution in [2.45, 2.75) is 89.3 Å². The van der Waals surface area contributed by atoms with Gasteiger partial charge in [-0.25, -0.2) is 0 Å². The average Bonchev–Trinajstić information content (AvgIpc) is 3.56. The Kier molecular flexibility index (Phi) is 6.43. The summed E-state index contributed by atoms with van der Waals surface area (Å²) < 4.78 is 4.14. The summed E-state index contributed by atoms with van der Waals surface area (Å²) in [5.41, 5.74) is 3.05. The highest BCUT2D eigenvalue weighted by Gasteiger charge is 2.49. The number of hydrogen-bond acceptors (Lipinski definition) is 2. The first-order chi connectivity index (χ1) is 18.1. The monoisotopic (exact) mass is 498 g/mol. The molecule has 37 heavy (non-hydrogen) atoms. The van der Waals surface area contributed by atoms with E-state index in [1.165, 1.54) is 24.8 Å². The molecule has 2 aliphatic carbocycles. The molecule has 3 aliphatic rings. The van der Waals surface area contributed by atoms with E-state index in [0.717, 1.165) is 61.5 Å². The van der Waals surface area contributed by atoms with E-state index in [9.17, 15) is 9.59 Å². The van der Waals surface area contributed by atoms with E-state index in [0.29, 0.717) is 18.8 Å². The number of nitrogens with one attached hydrogen (secondary N) is 1. The zero-order valence-corrected chi connectivity index (χ0v) is 21.9. The third-order valence-corrected chi connectivity index (χ3v) is 8.79. The van der Waals surface area contributed by atoms with E-state index in [1.807, 2.05) is 53.0 Å². The molecule has 3 heterocycles. The summed E-state index contributed by atoms with van der Waals surface area (Å²) in [6.07, 6.45) is 17.5. The van der Waals surface area contributed by atoms with Crippen LogP contribution in [0.25, 0.3) is 16.6 Å². The van der Waals surface area contributed by atoms with Crippen LogP contribution in [0.2, 0.25) is 0 Å². The fourth-order valence-corrected chi connectivity index (χ4v) is 6.67. The van der Waals surface area contributed by atoms with Crippen molar-refractivity contribution in [3.05, 3.63) is 66.1 Å². The summed E-state index contributed by atoms with van der Waals surface area (Å²) in [5, 5.41) is 4.40. The van der Waals surface area contributed by atoms with Crippen molar-refractivity contribution in [1.29, 1.82) is 0 Å². The topological polar surface area (TPSA) is 59.3 Å². The molecule has 1 atom stereocenters. The summed E-state index contributed by atoms with van der Waals surface area (Å²) in [6, 6.07) is 12.4. The second-order valence-electron chi connectivity index (χ2n) is 11.3. The molecule has 1 aromatic carbocycles. The molecule has 6 heteroatoms. The molecule has 6 nitrogen and oxygen atoms in total. The molecule has 3 aromatic rings. The number of para-hydroxylation sites is 1. The Hall–Kier alpha value is -3.28. The number of carbonyl (C=O) groups is 2. The number of aromatic nitrogens is 2. The van der Waals surface area contributed by atoms with Crippen LogP contribution in [0.5, 0.6) is 0 Å². The first-order valence-corrected chi connectivity index (χ1v) is 14.1. The first-order valence-electron chi connectivity index (χ1n) is 14.1. The van der Waals surface area contributed by atoms with Crippen LogP contribution in [0.4, 0.5) is 0 Å². The standard InChI is InChI=1S/C31H38N4O2/c1-31(30(37)32-24-14-6-3-7-15-24)22-34-26-17-9-8-16-25(26)27(33-19-10-11-20-33)28(34)29(36)35(31)21-18-23-12-4-2-5-13-23/h8-12,16-17,19-20,24H,2-7,13-15,18,21-22H2,1H3,(H,32,37)/t31-/m0/s1. The largest absolute Gasteiger partial charge is 0.351 e. The van der Waals surface area contributed by atoms with Crippen LogP contribution >= 0.6 is 0 Å². The van der Waals surface area contributed by atoms with Gasteiger partial charge in [0.05, 0.1) is 17.7 Å². The maximum absolute atomic E-state index is 14.5. The molecular formula is C31H38N4O2. The highest BCUT2D eigenvalue weighted by Crippen LogP contribution is 2.38. The molecule has 1 saturated carbocycles. The van der Waals surface area contributed by atoms with Crippen LogP contribution in [-0.2, 0) is 11.3 Å². The van der Waals surface area contributed by atoms with Crippen molar-refractivity contribution in [3.63, 3.8) is 0 Å². The smallest absolute Gasteiger partial charge is 0.273 e. The number of allylic oxidation sites excluding steroid dienone is 1. The van der Waals surface area contributed by atoms with Gasteiger partial charge in [0.15, 0.2) is 0 Å². The lowest BCUT2D eigenvalue weighted by molar-refractivity contribution is -0.133. The van der Waals surface area contributed by atoms with Crippen molar-refractivity contribution in [2.75, 3.05) is 6.54 Å². The van der Waals surface area contributed by atoms with E-state index in [4.69, 9.17) is 0 Å². The van der Waals surface area contributed by atoms with Crippen molar-refractivity contribution < 1.29 is 9.59 Å². The fraction of sp³-hybridized carbons (Fsp3) is 0.484. The van der Waals surface area contributed by atoms with Gasteiger partial charge in [0, 0.05) is 30.4 Å². The molecule has 1 N–H and O–H groups in total. The zero-order chi connectivity index (χ0) is 25.4. The number of fused-ring (bicyclic) bond motifs is 3. The molecule has 1 fully saturated rings. The van der Waals surface area contributed by atoms with Gasteiger partial charge in [-0.15, -0.1) is 0 Å². The molecule has 0 bridgehead atoms. The minimum Gasteiger partial charge on any atom is -0.351 e. The van der Waals surface area contributed by atoms with Gasteiger partial charge in [-0.3, -0.25) is 9.59 Å². The van der Waals surface area contributed by atoms with Gasteiger partial charge in [-0.05, 0) is 70.1 Å². The zero-order valence-electron chi connectivity index (χ0n) is 21.9. The molecule has 2 amide bonds. The molecule has 6 rings (SSSR count). The van der Waals surface area contributed by atoms with Crippen molar-refractivity contribution >= 4 is 22.7 Å². The molecule has 194 valence electrons. The van der Waals surface area contributed by atoms with Gasteiger partial charge in [-0.2, -0.15) is 0 Å². The summed E-state index contributed by atoms with van der Waals surface area (Å²) in [7, 11) is 0. The number of carbonyl (C=O) groups excluding carboxylic acids is 2. The number of amides is 2. The van der Waals surface area contributed by atoms with E-state index in [2.05, 4.69) is 28.1 Å². The Balaban J connectivity index is 1.43. The predicted molar refractivity (Wildman–Crippen MR) is 147 cm³/mol. The second-order valence-corrected chi connectivity index (χ2v) is 11.3. The van der Waals surface area contributed by atoms with Gasteiger partial charge in [0.1, 0.15) is 11.2 Å². The van der Waals surface area contributed by atoms with E-state index in [1.54, 1.807) is 0 Å². The van der Waals surface area contributed by atoms with E-state index >= 15 is 0 Å². The molecular weight excluding hydrogens is 460 g/mol. The molecule has 0 unspecified atom stereocenters. The lowest BCUT2D eigenvalue weighted by atomic mass is 9.90. The number of rotatable bonds is 6. The van der Waals surface area contributed by atoms with Crippen molar-refractivity contribution in [1.82, 2.24) is 19.4 Å². The van der Waals surface area contributed by atoms with Gasteiger partial charge in [0.25, 0.3) is 5.91 Å². The maximum Gasteiger partial charge on any atom is 0.273 e. The quantitative estimate of drug-likeness (QED) is 0.425. The highest BCUT2D eigenvalue weighted by molar-refractivity contribution is 6.08. The Bertz CT molecular complexity index is 1330. The van der Waals surface area contributed by atoms with Crippen LogP contribution in [0.15, 0.2) is 60.4 Å². The van der Waals surface area contributed by atoms with Crippen LogP contribution in [0, 0.1) is 0 Å². The normalized spacial score (nSPS) is 22.7. The summed E-state index contributed by atoms with van der Waals surface area (Å²) in [6.45, 7) is 2.99. The summed E-state index contributed by atoms with van der Waals surface area (Å²) in [5.74, 6) is -0.0693. The fourth-order valence-electron chi connectivity index (χ4n) is 6.67. The minimum absolute atomic E-state index is 0.0173. The van der Waals surface area contributed by atoms with Crippen LogP contribution in [-0.4, -0.2) is 44.0 Å². The Labute approximate surface area is 219 Å². The first kappa shape index (κ1) is 24.1. The lowest BCUT2D eigenvalue weighted by Crippen LogP contribution is -2.65. The maximum atomic E-state index is 14.5. The molecule has 2 aromatic heterocycles. The third-order valence-electron chi connectivity index (χ3n) is 8.79. The third kappa shape index (κ3) is 4.30. The van der Waals surface area contributed by atoms with Crippen LogP contribution in [0.3, 0.4) is 0 Å². The molecule has 0 radical (unpaired) electrons. The highest BCUT2D eigenvalue weighted by atomic mass is 16.2. The average molecular weight is 499 g/mol. The van der Waals surface area contributed by atoms with Gasteiger partial charge in [0.2, 0.25) is 5.91 Å². The predicted octanol–water partition coefficient (Wildman–Crippen LogP) is 5.99. The van der Waals surface area contributed by atoms with Gasteiger partial charge >= 0.3 is 0 Å². The summed E-state index contributed by atoms with van der Waals surface area (Å²) >= 11 is 0. The van der Waals surface area contributed by atoms with Crippen molar-refractivity contribution in [2.24, 2.45) is 0 Å². The number of hydrogen-bond donors (Lipinski definition) is 1. The van der Waals surface area contributed by atoms with E-state index in [-0.39, 0.29) is 17.9 Å². The minimum atomic E-state index is -0.952. The number of nitrogens with zero attached hydrogens (tertiary/aromatic N) is 3. The SMILES string of the molecule is C[C@@]1(C(=O)NC2CCCCC2)Cn2c(c(-n3cccc3)c3ccccc32)C(=O)N1CCC1=CCCCC1. The van der Waals surface area contributed by atoms with Crippen LogP contribution < -0.4 is 5.32 Å². The van der Waals surface area contributed by atoms with Gasteiger partial charge < -0.3 is 19.4 Å². The molecule has 1 aliphatic heterocycles. The number of benzene rings is 1. The second kappa shape index (κ2) is 9.88.